The van der Waals surface area contributed by atoms with Crippen LogP contribution < -0.4 is 10.1 Å². The summed E-state index contributed by atoms with van der Waals surface area (Å²) in [5, 5.41) is 12.3. The summed E-state index contributed by atoms with van der Waals surface area (Å²) in [5.74, 6) is -0.119. The van der Waals surface area contributed by atoms with Gasteiger partial charge in [-0.2, -0.15) is 5.26 Å². The number of nitrogens with zero attached hydrogens (tertiary/aromatic N) is 2. The molecule has 0 aromatic heterocycles. The molecule has 1 aromatic rings. The van der Waals surface area contributed by atoms with E-state index in [1.807, 2.05) is 0 Å². The Hall–Kier alpha value is -2.26. The number of hydrogen-bond donors (Lipinski definition) is 1. The lowest BCUT2D eigenvalue weighted by Gasteiger charge is -2.20. The third-order valence-electron chi connectivity index (χ3n) is 3.28. The first-order valence-corrected chi connectivity index (χ1v) is 6.70. The minimum atomic E-state index is -0.774. The van der Waals surface area contributed by atoms with Gasteiger partial charge in [-0.1, -0.05) is 11.6 Å². The Morgan fingerprint density at radius 1 is 1.57 bits per heavy atom. The third-order valence-corrected chi connectivity index (χ3v) is 3.61. The third kappa shape index (κ3) is 2.65. The number of benzene rings is 1. The second kappa shape index (κ2) is 6.02. The number of rotatable bonds is 4. The minimum Gasteiger partial charge on any atom is -0.496 e. The molecule has 0 fully saturated rings. The summed E-state index contributed by atoms with van der Waals surface area (Å²) in [5.41, 5.74) is 0.783. The van der Waals surface area contributed by atoms with Gasteiger partial charge < -0.3 is 15.0 Å². The van der Waals surface area contributed by atoms with Crippen LogP contribution in [0.3, 0.4) is 0 Å². The second-order valence-corrected chi connectivity index (χ2v) is 4.96. The molecular formula is C14H14ClN3O3. The SMILES string of the molecule is COc1ccc(Cl)c2c1C(=O)N(CCNC(C)=O)C2C#N. The van der Waals surface area contributed by atoms with Crippen molar-refractivity contribution in [3.63, 3.8) is 0 Å². The molecular weight excluding hydrogens is 294 g/mol. The van der Waals surface area contributed by atoms with E-state index in [1.54, 1.807) is 12.1 Å². The molecule has 0 spiro atoms. The van der Waals surface area contributed by atoms with E-state index >= 15 is 0 Å². The molecule has 21 heavy (non-hydrogen) atoms. The van der Waals surface area contributed by atoms with Crippen LogP contribution in [-0.2, 0) is 4.79 Å². The average Bonchev–Trinajstić information content (AvgIpc) is 2.73. The molecule has 0 radical (unpaired) electrons. The fourth-order valence-corrected chi connectivity index (χ4v) is 2.63. The summed E-state index contributed by atoms with van der Waals surface area (Å²) in [6.07, 6.45) is 0. The van der Waals surface area contributed by atoms with Crippen LogP contribution in [0.15, 0.2) is 12.1 Å². The Labute approximate surface area is 127 Å². The summed E-state index contributed by atoms with van der Waals surface area (Å²) in [4.78, 5) is 24.8. The fourth-order valence-electron chi connectivity index (χ4n) is 2.37. The number of fused-ring (bicyclic) bond motifs is 1. The summed E-state index contributed by atoms with van der Waals surface area (Å²) in [7, 11) is 1.46. The molecule has 1 heterocycles. The van der Waals surface area contributed by atoms with Crippen molar-refractivity contribution in [3.8, 4) is 11.8 Å². The maximum Gasteiger partial charge on any atom is 0.259 e. The second-order valence-electron chi connectivity index (χ2n) is 4.55. The molecule has 0 saturated carbocycles. The number of nitriles is 1. The van der Waals surface area contributed by atoms with Crippen LogP contribution in [0.25, 0.3) is 0 Å². The van der Waals surface area contributed by atoms with Crippen LogP contribution in [0.5, 0.6) is 5.75 Å². The Bertz CT molecular complexity index is 639. The van der Waals surface area contributed by atoms with Gasteiger partial charge in [-0.15, -0.1) is 0 Å². The number of carbonyl (C=O) groups is 2. The van der Waals surface area contributed by atoms with Crippen molar-refractivity contribution in [2.75, 3.05) is 20.2 Å². The monoisotopic (exact) mass is 307 g/mol. The van der Waals surface area contributed by atoms with Crippen molar-refractivity contribution in [1.29, 1.82) is 5.26 Å². The van der Waals surface area contributed by atoms with Crippen molar-refractivity contribution in [2.45, 2.75) is 13.0 Å². The lowest BCUT2D eigenvalue weighted by molar-refractivity contribution is -0.119. The number of carbonyl (C=O) groups excluding carboxylic acids is 2. The topological polar surface area (TPSA) is 82.4 Å². The van der Waals surface area contributed by atoms with Gasteiger partial charge in [0.2, 0.25) is 5.91 Å². The fraction of sp³-hybridized carbons (Fsp3) is 0.357. The number of nitrogens with one attached hydrogen (secondary N) is 1. The van der Waals surface area contributed by atoms with Crippen LogP contribution in [0.2, 0.25) is 5.02 Å². The molecule has 0 aliphatic carbocycles. The maximum atomic E-state index is 12.5. The molecule has 1 N–H and O–H groups in total. The highest BCUT2D eigenvalue weighted by atomic mass is 35.5. The number of hydrogen-bond acceptors (Lipinski definition) is 4. The summed E-state index contributed by atoms with van der Waals surface area (Å²) in [6, 6.07) is 4.52. The summed E-state index contributed by atoms with van der Waals surface area (Å²) >= 11 is 6.13. The van der Waals surface area contributed by atoms with E-state index < -0.39 is 6.04 Å². The molecule has 0 bridgehead atoms. The van der Waals surface area contributed by atoms with Crippen LogP contribution in [-0.4, -0.2) is 36.9 Å². The molecule has 2 rings (SSSR count). The lowest BCUT2D eigenvalue weighted by Crippen LogP contribution is -2.36. The van der Waals surface area contributed by atoms with E-state index in [4.69, 9.17) is 16.3 Å². The molecule has 1 aliphatic rings. The normalized spacial score (nSPS) is 16.4. The molecule has 1 aromatic carbocycles. The number of halogens is 1. The Kier molecular flexibility index (Phi) is 4.34. The number of methoxy groups -OCH3 is 1. The number of amides is 2. The van der Waals surface area contributed by atoms with Crippen molar-refractivity contribution >= 4 is 23.4 Å². The standard InChI is InChI=1S/C14H14ClN3O3/c1-8(19)17-5-6-18-10(7-16)12-9(15)3-4-11(21-2)13(12)14(18)20/h3-4,10H,5-6H2,1-2H3,(H,17,19). The van der Waals surface area contributed by atoms with Crippen LogP contribution in [0, 0.1) is 11.3 Å². The van der Waals surface area contributed by atoms with Gasteiger partial charge in [-0.05, 0) is 12.1 Å². The summed E-state index contributed by atoms with van der Waals surface area (Å²) in [6.45, 7) is 1.89. The van der Waals surface area contributed by atoms with E-state index in [1.165, 1.54) is 18.9 Å². The van der Waals surface area contributed by atoms with Gasteiger partial charge in [0.15, 0.2) is 0 Å². The summed E-state index contributed by atoms with van der Waals surface area (Å²) < 4.78 is 5.18. The molecule has 6 nitrogen and oxygen atoms in total. The van der Waals surface area contributed by atoms with Crippen molar-refractivity contribution in [1.82, 2.24) is 10.2 Å². The van der Waals surface area contributed by atoms with Crippen LogP contribution >= 0.6 is 11.6 Å². The zero-order valence-corrected chi connectivity index (χ0v) is 12.4. The highest BCUT2D eigenvalue weighted by molar-refractivity contribution is 6.32. The molecule has 1 unspecified atom stereocenters. The van der Waals surface area contributed by atoms with E-state index in [2.05, 4.69) is 11.4 Å². The first-order valence-electron chi connectivity index (χ1n) is 6.32. The Balaban J connectivity index is 2.36. The van der Waals surface area contributed by atoms with E-state index in [-0.39, 0.29) is 24.9 Å². The molecule has 2 amide bonds. The van der Waals surface area contributed by atoms with Gasteiger partial charge in [0.25, 0.3) is 5.91 Å². The van der Waals surface area contributed by atoms with Crippen LogP contribution in [0.1, 0.15) is 28.9 Å². The van der Waals surface area contributed by atoms with E-state index in [0.29, 0.717) is 21.9 Å². The zero-order chi connectivity index (χ0) is 15.6. The highest BCUT2D eigenvalue weighted by Crippen LogP contribution is 2.42. The molecule has 0 saturated heterocycles. The molecule has 7 heteroatoms. The predicted molar refractivity (Wildman–Crippen MR) is 76.1 cm³/mol. The quantitative estimate of drug-likeness (QED) is 0.914. The van der Waals surface area contributed by atoms with Gasteiger partial charge in [0.1, 0.15) is 11.8 Å². The predicted octanol–water partition coefficient (Wildman–Crippen LogP) is 1.51. The molecule has 1 atom stereocenters. The van der Waals surface area contributed by atoms with Gasteiger partial charge in [-0.25, -0.2) is 0 Å². The smallest absolute Gasteiger partial charge is 0.259 e. The molecule has 110 valence electrons. The lowest BCUT2D eigenvalue weighted by atomic mass is 10.0. The zero-order valence-electron chi connectivity index (χ0n) is 11.6. The molecule has 1 aliphatic heterocycles. The van der Waals surface area contributed by atoms with Gasteiger partial charge in [0, 0.05) is 30.6 Å². The Morgan fingerprint density at radius 2 is 2.29 bits per heavy atom. The van der Waals surface area contributed by atoms with Crippen molar-refractivity contribution in [3.05, 3.63) is 28.3 Å². The number of ether oxygens (including phenoxy) is 1. The van der Waals surface area contributed by atoms with Gasteiger partial charge >= 0.3 is 0 Å². The van der Waals surface area contributed by atoms with Crippen LogP contribution in [0.4, 0.5) is 0 Å². The minimum absolute atomic E-state index is 0.191. The van der Waals surface area contributed by atoms with Crippen molar-refractivity contribution < 1.29 is 14.3 Å². The van der Waals surface area contributed by atoms with E-state index in [0.717, 1.165) is 0 Å². The van der Waals surface area contributed by atoms with Crippen molar-refractivity contribution in [2.24, 2.45) is 0 Å². The Morgan fingerprint density at radius 3 is 2.86 bits per heavy atom. The van der Waals surface area contributed by atoms with E-state index in [9.17, 15) is 14.9 Å². The highest BCUT2D eigenvalue weighted by Gasteiger charge is 2.40. The first-order chi connectivity index (χ1) is 10.0. The van der Waals surface area contributed by atoms with Gasteiger partial charge in [-0.3, -0.25) is 9.59 Å². The largest absolute Gasteiger partial charge is 0.496 e. The van der Waals surface area contributed by atoms with Gasteiger partial charge in [0.05, 0.1) is 18.7 Å². The first kappa shape index (κ1) is 15.1. The average molecular weight is 308 g/mol. The maximum absolute atomic E-state index is 12.5.